The van der Waals surface area contributed by atoms with Gasteiger partial charge in [0.25, 0.3) is 0 Å². The molecule has 2 atom stereocenters. The zero-order valence-corrected chi connectivity index (χ0v) is 9.68. The number of methoxy groups -OCH3 is 1. The summed E-state index contributed by atoms with van der Waals surface area (Å²) in [7, 11) is 1.36. The quantitative estimate of drug-likeness (QED) is 0.583. The van der Waals surface area contributed by atoms with Gasteiger partial charge < -0.3 is 4.74 Å². The van der Waals surface area contributed by atoms with Gasteiger partial charge in [0.15, 0.2) is 6.29 Å². The fourth-order valence-electron chi connectivity index (χ4n) is 3.24. The summed E-state index contributed by atoms with van der Waals surface area (Å²) in [4.78, 5) is 22.3. The number of rotatable bonds is 3. The summed E-state index contributed by atoms with van der Waals surface area (Å²) in [5.41, 5.74) is 2.69. The molecule has 0 saturated heterocycles. The molecule has 1 aromatic rings. The Hall–Kier alpha value is -1.65. The molecule has 5 nitrogen and oxygen atoms in total. The summed E-state index contributed by atoms with van der Waals surface area (Å²) in [6.45, 7) is 0.107. The van der Waals surface area contributed by atoms with Gasteiger partial charge in [-0.2, -0.15) is 5.10 Å². The summed E-state index contributed by atoms with van der Waals surface area (Å²) in [5.74, 6) is 0.623. The normalized spacial score (nSPS) is 24.8. The molecule has 0 aromatic carbocycles. The van der Waals surface area contributed by atoms with E-state index in [1.54, 1.807) is 4.68 Å². The summed E-state index contributed by atoms with van der Waals surface area (Å²) in [6, 6.07) is 0. The first kappa shape index (κ1) is 10.5. The number of esters is 1. The van der Waals surface area contributed by atoms with Crippen molar-refractivity contribution in [1.82, 2.24) is 9.78 Å². The highest BCUT2D eigenvalue weighted by molar-refractivity contribution is 5.77. The molecular weight excluding hydrogens is 220 g/mol. The smallest absolute Gasteiger partial charge is 0.327 e. The van der Waals surface area contributed by atoms with Crippen molar-refractivity contribution in [3.8, 4) is 0 Å². The maximum atomic E-state index is 11.3. The van der Waals surface area contributed by atoms with Gasteiger partial charge in [0.05, 0.1) is 7.11 Å². The molecule has 3 rings (SSSR count). The highest BCUT2D eigenvalue weighted by Gasteiger charge is 2.42. The van der Waals surface area contributed by atoms with E-state index in [2.05, 4.69) is 9.84 Å². The van der Waals surface area contributed by atoms with Crippen molar-refractivity contribution < 1.29 is 14.3 Å². The largest absolute Gasteiger partial charge is 0.468 e. The van der Waals surface area contributed by atoms with Crippen molar-refractivity contribution in [2.24, 2.45) is 0 Å². The second kappa shape index (κ2) is 3.68. The molecular formula is C12H14N2O3. The lowest BCUT2D eigenvalue weighted by molar-refractivity contribution is -0.141. The maximum Gasteiger partial charge on any atom is 0.327 e. The number of hydrogen-bond acceptors (Lipinski definition) is 4. The number of hydrogen-bond donors (Lipinski definition) is 0. The van der Waals surface area contributed by atoms with Crippen LogP contribution in [-0.4, -0.2) is 29.1 Å². The Bertz CT molecular complexity index is 492. The van der Waals surface area contributed by atoms with Gasteiger partial charge >= 0.3 is 5.97 Å². The van der Waals surface area contributed by atoms with Crippen molar-refractivity contribution in [1.29, 1.82) is 0 Å². The third-order valence-electron chi connectivity index (χ3n) is 3.90. The molecule has 0 aliphatic heterocycles. The molecule has 0 N–H and O–H groups in total. The lowest BCUT2D eigenvalue weighted by Gasteiger charge is -2.12. The van der Waals surface area contributed by atoms with Gasteiger partial charge in [0.2, 0.25) is 0 Å². The van der Waals surface area contributed by atoms with Crippen molar-refractivity contribution >= 4 is 12.3 Å². The van der Waals surface area contributed by atoms with Gasteiger partial charge in [-0.1, -0.05) is 0 Å². The minimum Gasteiger partial charge on any atom is -0.468 e. The van der Waals surface area contributed by atoms with Crippen LogP contribution < -0.4 is 0 Å². The van der Waals surface area contributed by atoms with Crippen LogP contribution in [0.5, 0.6) is 0 Å². The zero-order chi connectivity index (χ0) is 12.0. The predicted octanol–water partition coefficient (Wildman–Crippen LogP) is 1.23. The molecule has 5 heteroatoms. The van der Waals surface area contributed by atoms with Crippen LogP contribution in [0.2, 0.25) is 0 Å². The molecule has 90 valence electrons. The van der Waals surface area contributed by atoms with Crippen LogP contribution in [0.3, 0.4) is 0 Å². The Morgan fingerprint density at radius 3 is 3.00 bits per heavy atom. The lowest BCUT2D eigenvalue weighted by atomic mass is 9.96. The Labute approximate surface area is 98.7 Å². The summed E-state index contributed by atoms with van der Waals surface area (Å²) >= 11 is 0. The van der Waals surface area contributed by atoms with E-state index in [0.717, 1.165) is 36.8 Å². The van der Waals surface area contributed by atoms with Crippen LogP contribution in [0.15, 0.2) is 0 Å². The van der Waals surface area contributed by atoms with E-state index in [0.29, 0.717) is 17.5 Å². The van der Waals surface area contributed by atoms with Gasteiger partial charge in [-0.15, -0.1) is 0 Å². The molecule has 2 bridgehead atoms. The Morgan fingerprint density at radius 2 is 2.29 bits per heavy atom. The Kier molecular flexibility index (Phi) is 2.28. The number of nitrogens with zero attached hydrogens (tertiary/aromatic N) is 2. The highest BCUT2D eigenvalue weighted by Crippen LogP contribution is 2.53. The van der Waals surface area contributed by atoms with Gasteiger partial charge in [0, 0.05) is 17.2 Å². The van der Waals surface area contributed by atoms with Gasteiger partial charge in [-0.3, -0.25) is 14.3 Å². The third-order valence-corrected chi connectivity index (χ3v) is 3.90. The minimum absolute atomic E-state index is 0.107. The second-order valence-electron chi connectivity index (χ2n) is 4.74. The number of aldehydes is 1. The number of ether oxygens (including phenoxy) is 1. The van der Waals surface area contributed by atoms with Crippen LogP contribution >= 0.6 is 0 Å². The average molecular weight is 234 g/mol. The number of fused-ring (bicyclic) bond motifs is 5. The minimum atomic E-state index is -0.324. The maximum absolute atomic E-state index is 11.3. The molecule has 2 unspecified atom stereocenters. The van der Waals surface area contributed by atoms with Gasteiger partial charge in [0.1, 0.15) is 12.2 Å². The van der Waals surface area contributed by atoms with E-state index < -0.39 is 0 Å². The SMILES string of the molecule is COC(=O)Cn1nc(C=O)c2c1C1CCC2C1. The summed E-state index contributed by atoms with van der Waals surface area (Å²) in [5, 5.41) is 4.23. The van der Waals surface area contributed by atoms with Gasteiger partial charge in [-0.05, 0) is 25.2 Å². The first-order chi connectivity index (χ1) is 8.24. The van der Waals surface area contributed by atoms with Crippen molar-refractivity contribution in [2.45, 2.75) is 37.6 Å². The molecule has 2 aliphatic rings. The van der Waals surface area contributed by atoms with E-state index in [4.69, 9.17) is 0 Å². The lowest BCUT2D eigenvalue weighted by Crippen LogP contribution is -2.16. The highest BCUT2D eigenvalue weighted by atomic mass is 16.5. The summed E-state index contributed by atoms with van der Waals surface area (Å²) in [6.07, 6.45) is 4.19. The van der Waals surface area contributed by atoms with E-state index in [-0.39, 0.29) is 12.5 Å². The molecule has 17 heavy (non-hydrogen) atoms. The monoisotopic (exact) mass is 234 g/mol. The molecule has 0 spiro atoms. The van der Waals surface area contributed by atoms with Crippen LogP contribution in [0.4, 0.5) is 0 Å². The van der Waals surface area contributed by atoms with E-state index in [9.17, 15) is 9.59 Å². The van der Waals surface area contributed by atoms with Gasteiger partial charge in [-0.25, -0.2) is 0 Å². The molecule has 2 aliphatic carbocycles. The van der Waals surface area contributed by atoms with Crippen LogP contribution in [-0.2, 0) is 16.1 Å². The topological polar surface area (TPSA) is 61.2 Å². The number of aromatic nitrogens is 2. The standard InChI is InChI=1S/C12H14N2O3/c1-17-10(16)5-14-12-8-3-2-7(4-8)11(12)9(6-15)13-14/h6-8H,2-5H2,1H3. The Morgan fingerprint density at radius 1 is 1.53 bits per heavy atom. The van der Waals surface area contributed by atoms with Crippen molar-refractivity contribution in [3.05, 3.63) is 17.0 Å². The van der Waals surface area contributed by atoms with E-state index in [1.165, 1.54) is 7.11 Å². The molecule has 0 radical (unpaired) electrons. The van der Waals surface area contributed by atoms with Crippen molar-refractivity contribution in [2.75, 3.05) is 7.11 Å². The third kappa shape index (κ3) is 1.41. The van der Waals surface area contributed by atoms with Crippen LogP contribution in [0.1, 0.15) is 52.8 Å². The number of carbonyl (C=O) groups is 2. The zero-order valence-electron chi connectivity index (χ0n) is 9.68. The second-order valence-corrected chi connectivity index (χ2v) is 4.74. The first-order valence-corrected chi connectivity index (χ1v) is 5.87. The fraction of sp³-hybridized carbons (Fsp3) is 0.583. The van der Waals surface area contributed by atoms with Crippen molar-refractivity contribution in [3.63, 3.8) is 0 Å². The summed E-state index contributed by atoms with van der Waals surface area (Å²) < 4.78 is 6.31. The molecule has 1 heterocycles. The average Bonchev–Trinajstić information content (AvgIpc) is 3.00. The van der Waals surface area contributed by atoms with E-state index >= 15 is 0 Å². The first-order valence-electron chi connectivity index (χ1n) is 5.87. The fourth-order valence-corrected chi connectivity index (χ4v) is 3.24. The number of carbonyl (C=O) groups excluding carboxylic acids is 2. The molecule has 1 aromatic heterocycles. The Balaban J connectivity index is 2.03. The van der Waals surface area contributed by atoms with E-state index in [1.807, 2.05) is 0 Å². The molecule has 0 amide bonds. The van der Waals surface area contributed by atoms with Crippen LogP contribution in [0.25, 0.3) is 0 Å². The predicted molar refractivity (Wildman–Crippen MR) is 59.0 cm³/mol. The van der Waals surface area contributed by atoms with Crippen LogP contribution in [0, 0.1) is 0 Å². The molecule has 1 saturated carbocycles. The molecule has 1 fully saturated rings.